The number of aromatic nitrogens is 2. The zero-order chi connectivity index (χ0) is 17.6. The number of nitrogens with one attached hydrogen (secondary N) is 1. The zero-order valence-corrected chi connectivity index (χ0v) is 14.8. The minimum atomic E-state index is -1.01. The van der Waals surface area contributed by atoms with E-state index in [2.05, 4.69) is 4.98 Å². The highest BCUT2D eigenvalue weighted by molar-refractivity contribution is 7.99. The van der Waals surface area contributed by atoms with Crippen molar-refractivity contribution in [3.8, 4) is 22.5 Å². The first-order valence-electron chi connectivity index (χ1n) is 8.23. The number of aromatic amines is 1. The number of carboxylic acids is 1. The summed E-state index contributed by atoms with van der Waals surface area (Å²) in [6.45, 7) is 1.86. The Labute approximate surface area is 151 Å². The van der Waals surface area contributed by atoms with Crippen LogP contribution in [0.4, 0.5) is 0 Å². The van der Waals surface area contributed by atoms with Gasteiger partial charge in [-0.1, -0.05) is 79.3 Å². The summed E-state index contributed by atoms with van der Waals surface area (Å²) in [5.41, 5.74) is 3.88. The van der Waals surface area contributed by atoms with E-state index in [0.29, 0.717) is 12.2 Å². The normalized spacial score (nSPS) is 12.0. The number of nitrogens with zero attached hydrogens (tertiary/aromatic N) is 1. The molecule has 1 atom stereocenters. The lowest BCUT2D eigenvalue weighted by molar-refractivity contribution is -0.310. The summed E-state index contributed by atoms with van der Waals surface area (Å²) in [6, 6.07) is 20.0. The molecule has 0 radical (unpaired) electrons. The van der Waals surface area contributed by atoms with Crippen LogP contribution in [0.15, 0.2) is 65.8 Å². The van der Waals surface area contributed by atoms with Crippen LogP contribution >= 0.6 is 11.8 Å². The maximum atomic E-state index is 11.1. The maximum Gasteiger partial charge on any atom is 0.166 e. The van der Waals surface area contributed by atoms with E-state index in [1.807, 2.05) is 67.6 Å². The van der Waals surface area contributed by atoms with Crippen molar-refractivity contribution in [1.29, 1.82) is 0 Å². The van der Waals surface area contributed by atoms with Crippen molar-refractivity contribution in [2.45, 2.75) is 18.5 Å². The number of H-pyrrole nitrogens is 1. The Kier molecular flexibility index (Phi) is 5.56. The molecule has 2 aromatic carbocycles. The second-order valence-electron chi connectivity index (χ2n) is 5.73. The molecule has 0 fully saturated rings. The average Bonchev–Trinajstić information content (AvgIpc) is 3.08. The Morgan fingerprint density at radius 3 is 2.24 bits per heavy atom. The van der Waals surface area contributed by atoms with Crippen molar-refractivity contribution in [2.75, 3.05) is 5.75 Å². The third-order valence-corrected chi connectivity index (χ3v) is 5.07. The van der Waals surface area contributed by atoms with Gasteiger partial charge in [-0.05, 0) is 6.42 Å². The van der Waals surface area contributed by atoms with Gasteiger partial charge in [0.15, 0.2) is 5.16 Å². The van der Waals surface area contributed by atoms with E-state index in [0.717, 1.165) is 27.7 Å². The third-order valence-electron chi connectivity index (χ3n) is 4.04. The van der Waals surface area contributed by atoms with Crippen molar-refractivity contribution in [2.24, 2.45) is 5.92 Å². The minimum absolute atomic E-state index is 0.439. The van der Waals surface area contributed by atoms with Gasteiger partial charge in [0.2, 0.25) is 0 Å². The smallest absolute Gasteiger partial charge is 0.166 e. The third kappa shape index (κ3) is 4.12. The van der Waals surface area contributed by atoms with Crippen LogP contribution in [0.2, 0.25) is 0 Å². The number of benzene rings is 2. The Morgan fingerprint density at radius 1 is 1.08 bits per heavy atom. The number of hydrogen-bond acceptors (Lipinski definition) is 4. The Balaban J connectivity index is 1.94. The lowest BCUT2D eigenvalue weighted by Crippen LogP contribution is -2.32. The number of imidazole rings is 1. The van der Waals surface area contributed by atoms with E-state index >= 15 is 0 Å². The average molecular weight is 351 g/mol. The lowest BCUT2D eigenvalue weighted by Gasteiger charge is -2.13. The predicted molar refractivity (Wildman–Crippen MR) is 99.0 cm³/mol. The topological polar surface area (TPSA) is 68.8 Å². The molecule has 3 aromatic rings. The molecule has 0 aliphatic heterocycles. The van der Waals surface area contributed by atoms with Gasteiger partial charge in [-0.3, -0.25) is 0 Å². The van der Waals surface area contributed by atoms with Crippen LogP contribution in [0.1, 0.15) is 13.3 Å². The number of carbonyl (C=O) groups excluding carboxylic acids is 1. The van der Waals surface area contributed by atoms with Crippen LogP contribution in [-0.2, 0) is 4.79 Å². The summed E-state index contributed by atoms with van der Waals surface area (Å²) in [7, 11) is 0. The van der Waals surface area contributed by atoms with E-state index in [-0.39, 0.29) is 0 Å². The molecule has 25 heavy (non-hydrogen) atoms. The summed E-state index contributed by atoms with van der Waals surface area (Å²) in [6.07, 6.45) is 0.549. The first kappa shape index (κ1) is 17.3. The van der Waals surface area contributed by atoms with Gasteiger partial charge in [0.1, 0.15) is 0 Å². The standard InChI is InChI=1S/C20H20N2O2S/c1-2-14(19(23)24)13-25-20-21-17(15-9-5-3-6-10-15)18(22-20)16-11-7-4-8-12-16/h3-12,14H,2,13H2,1H3,(H,21,22)(H,23,24)/p-1/t14-/m0/s1. The molecule has 1 aromatic heterocycles. The monoisotopic (exact) mass is 351 g/mol. The molecular formula is C20H19N2O2S-. The highest BCUT2D eigenvalue weighted by atomic mass is 32.2. The molecule has 128 valence electrons. The number of hydrogen-bond donors (Lipinski definition) is 1. The van der Waals surface area contributed by atoms with Crippen LogP contribution in [0.5, 0.6) is 0 Å². The van der Waals surface area contributed by atoms with Crippen molar-refractivity contribution in [1.82, 2.24) is 9.97 Å². The van der Waals surface area contributed by atoms with Gasteiger partial charge in [0, 0.05) is 28.8 Å². The molecule has 1 N–H and O–H groups in total. The van der Waals surface area contributed by atoms with Gasteiger partial charge in [0.05, 0.1) is 11.4 Å². The molecule has 4 nitrogen and oxygen atoms in total. The SMILES string of the molecule is CC[C@@H](CSc1nc(-c2ccccc2)c(-c2ccccc2)[nH]1)C(=O)[O-]. The summed E-state index contributed by atoms with van der Waals surface area (Å²) in [5.74, 6) is -1.04. The predicted octanol–water partition coefficient (Wildman–Crippen LogP) is 3.61. The number of carbonyl (C=O) groups is 1. The molecule has 0 saturated carbocycles. The summed E-state index contributed by atoms with van der Waals surface area (Å²) in [4.78, 5) is 19.2. The second kappa shape index (κ2) is 8.03. The highest BCUT2D eigenvalue weighted by Crippen LogP contribution is 2.33. The molecule has 0 aliphatic carbocycles. The van der Waals surface area contributed by atoms with Gasteiger partial charge in [-0.25, -0.2) is 4.98 Å². The van der Waals surface area contributed by atoms with Crippen LogP contribution in [0, 0.1) is 5.92 Å². The second-order valence-corrected chi connectivity index (χ2v) is 6.74. The Bertz CT molecular complexity index is 774. The minimum Gasteiger partial charge on any atom is -0.550 e. The van der Waals surface area contributed by atoms with Crippen LogP contribution < -0.4 is 5.11 Å². The molecule has 5 heteroatoms. The van der Waals surface area contributed by atoms with E-state index in [1.54, 1.807) is 0 Å². The van der Waals surface area contributed by atoms with Crippen LogP contribution in [0.3, 0.4) is 0 Å². The van der Waals surface area contributed by atoms with Crippen LogP contribution in [-0.4, -0.2) is 21.7 Å². The highest BCUT2D eigenvalue weighted by Gasteiger charge is 2.16. The molecule has 0 bridgehead atoms. The van der Waals surface area contributed by atoms with Crippen molar-refractivity contribution < 1.29 is 9.90 Å². The van der Waals surface area contributed by atoms with E-state index in [9.17, 15) is 9.90 Å². The van der Waals surface area contributed by atoms with Gasteiger partial charge < -0.3 is 14.9 Å². The van der Waals surface area contributed by atoms with Crippen molar-refractivity contribution in [3.63, 3.8) is 0 Å². The molecule has 0 amide bonds. The summed E-state index contributed by atoms with van der Waals surface area (Å²) < 4.78 is 0. The Hall–Kier alpha value is -2.53. The molecule has 0 spiro atoms. The molecule has 0 aliphatic rings. The van der Waals surface area contributed by atoms with Gasteiger partial charge >= 0.3 is 0 Å². The molecule has 0 unspecified atom stereocenters. The quantitative estimate of drug-likeness (QED) is 0.660. The van der Waals surface area contributed by atoms with E-state index in [1.165, 1.54) is 11.8 Å². The fraction of sp³-hybridized carbons (Fsp3) is 0.200. The van der Waals surface area contributed by atoms with Crippen molar-refractivity contribution >= 4 is 17.7 Å². The Morgan fingerprint density at radius 2 is 1.68 bits per heavy atom. The summed E-state index contributed by atoms with van der Waals surface area (Å²) in [5, 5.41) is 11.8. The number of thioether (sulfide) groups is 1. The van der Waals surface area contributed by atoms with Gasteiger partial charge in [-0.2, -0.15) is 0 Å². The molecule has 0 saturated heterocycles. The van der Waals surface area contributed by atoms with E-state index in [4.69, 9.17) is 4.98 Å². The van der Waals surface area contributed by atoms with Gasteiger partial charge in [0.25, 0.3) is 0 Å². The first-order chi connectivity index (χ1) is 12.2. The zero-order valence-electron chi connectivity index (χ0n) is 13.9. The van der Waals surface area contributed by atoms with Crippen molar-refractivity contribution in [3.05, 3.63) is 60.7 Å². The number of aliphatic carboxylic acids is 1. The van der Waals surface area contributed by atoms with Crippen LogP contribution in [0.25, 0.3) is 22.5 Å². The fourth-order valence-corrected chi connectivity index (χ4v) is 3.63. The molecule has 1 heterocycles. The number of carboxylic acid groups (broad SMARTS) is 1. The largest absolute Gasteiger partial charge is 0.550 e. The molecule has 3 rings (SSSR count). The number of rotatable bonds is 7. The maximum absolute atomic E-state index is 11.1. The van der Waals surface area contributed by atoms with E-state index < -0.39 is 11.9 Å². The fourth-order valence-electron chi connectivity index (χ4n) is 2.57. The summed E-state index contributed by atoms with van der Waals surface area (Å²) >= 11 is 1.42. The van der Waals surface area contributed by atoms with Gasteiger partial charge in [-0.15, -0.1) is 0 Å². The first-order valence-corrected chi connectivity index (χ1v) is 9.22. The lowest BCUT2D eigenvalue weighted by atomic mass is 10.1. The molecular weight excluding hydrogens is 332 g/mol.